The lowest BCUT2D eigenvalue weighted by Gasteiger charge is -2.26. The van der Waals surface area contributed by atoms with E-state index in [1.54, 1.807) is 0 Å². The van der Waals surface area contributed by atoms with Gasteiger partial charge >= 0.3 is 11.9 Å². The Morgan fingerprint density at radius 2 is 0.535 bits per heavy atom. The normalized spacial score (nSPS) is 12.8. The average Bonchev–Trinajstić information content (AvgIpc) is 1.21. The Morgan fingerprint density at radius 1 is 0.297 bits per heavy atom. The number of unbranched alkanes of at least 4 members (excludes halogenated alkanes) is 62. The van der Waals surface area contributed by atoms with Crippen LogP contribution in [0.1, 0.15) is 463 Å². The number of hydrogen-bond donors (Lipinski definition) is 0. The van der Waals surface area contributed by atoms with Crippen LogP contribution in [0.4, 0.5) is 0 Å². The minimum Gasteiger partial charge on any atom is -0.545 e. The minimum atomic E-state index is -1.62. The van der Waals surface area contributed by atoms with E-state index in [-0.39, 0.29) is 32.2 Å². The van der Waals surface area contributed by atoms with E-state index < -0.39 is 24.3 Å². The quantitative estimate of drug-likeness (QED) is 0.0195. The second kappa shape index (κ2) is 82.9. The van der Waals surface area contributed by atoms with Crippen molar-refractivity contribution < 1.29 is 42.9 Å². The van der Waals surface area contributed by atoms with Crippen molar-refractivity contribution in [2.45, 2.75) is 476 Å². The first-order valence-electron chi connectivity index (χ1n) is 44.8. The van der Waals surface area contributed by atoms with E-state index in [0.29, 0.717) is 17.4 Å². The maximum Gasteiger partial charge on any atom is 0.306 e. The Labute approximate surface area is 629 Å². The second-order valence-electron chi connectivity index (χ2n) is 31.9. The van der Waals surface area contributed by atoms with Crippen LogP contribution in [-0.2, 0) is 33.3 Å². The summed E-state index contributed by atoms with van der Waals surface area (Å²) >= 11 is 0. The van der Waals surface area contributed by atoms with Crippen molar-refractivity contribution in [3.63, 3.8) is 0 Å². The van der Waals surface area contributed by atoms with Gasteiger partial charge in [0.1, 0.15) is 13.2 Å². The molecule has 101 heavy (non-hydrogen) atoms. The molecule has 0 N–H and O–H groups in total. The van der Waals surface area contributed by atoms with Crippen molar-refractivity contribution in [3.8, 4) is 0 Å². The number of quaternary nitrogens is 1. The molecular formula is C92H173NO8. The molecule has 0 aliphatic heterocycles. The third-order valence-electron chi connectivity index (χ3n) is 20.5. The van der Waals surface area contributed by atoms with Crippen molar-refractivity contribution in [3.05, 3.63) is 48.6 Å². The molecule has 2 unspecified atom stereocenters. The number of carboxylic acids is 1. The van der Waals surface area contributed by atoms with Crippen LogP contribution in [0.2, 0.25) is 0 Å². The number of aliphatic carboxylic acids is 1. The SMILES string of the molecule is CCCCCCC/C=C\C/C=C\CCCCCCCCCCCCCCCCCCCCCCCCCCCCCCCC(=O)OC(COC(=O)CCCCCCCCCCCCCCCCCCCCCCCCC/C=C\C/C=C\CCCCCCC)COC(OCC[N+](C)(C)C)C(=O)[O-]. The van der Waals surface area contributed by atoms with Gasteiger partial charge in [-0.25, -0.2) is 0 Å². The lowest BCUT2D eigenvalue weighted by molar-refractivity contribution is -0.870. The van der Waals surface area contributed by atoms with Crippen LogP contribution in [0.25, 0.3) is 0 Å². The highest BCUT2D eigenvalue weighted by Gasteiger charge is 2.22. The summed E-state index contributed by atoms with van der Waals surface area (Å²) in [7, 11) is 5.96. The molecule has 2 atom stereocenters. The Morgan fingerprint density at radius 3 is 0.782 bits per heavy atom. The minimum absolute atomic E-state index is 0.151. The monoisotopic (exact) mass is 1420 g/mol. The third-order valence-corrected chi connectivity index (χ3v) is 20.5. The molecule has 0 radical (unpaired) electrons. The molecule has 0 aliphatic rings. The second-order valence-corrected chi connectivity index (χ2v) is 31.9. The van der Waals surface area contributed by atoms with Crippen LogP contribution >= 0.6 is 0 Å². The summed E-state index contributed by atoms with van der Waals surface area (Å²) in [6.45, 7) is 4.81. The fraction of sp³-hybridized carbons (Fsp3) is 0.880. The molecule has 0 bridgehead atoms. The van der Waals surface area contributed by atoms with Gasteiger partial charge in [0.15, 0.2) is 12.4 Å². The van der Waals surface area contributed by atoms with Crippen molar-refractivity contribution in [1.29, 1.82) is 0 Å². The lowest BCUT2D eigenvalue weighted by Crippen LogP contribution is -2.44. The Balaban J connectivity index is 3.89. The Bertz CT molecular complexity index is 1800. The van der Waals surface area contributed by atoms with Crippen LogP contribution in [0, 0.1) is 0 Å². The van der Waals surface area contributed by atoms with Gasteiger partial charge in [0, 0.05) is 12.8 Å². The fourth-order valence-corrected chi connectivity index (χ4v) is 13.7. The van der Waals surface area contributed by atoms with Crippen LogP contribution in [0.3, 0.4) is 0 Å². The standard InChI is InChI=1S/C92H173NO8/c1-6-8-10-12-14-16-18-20-22-24-26-28-30-32-34-36-38-40-42-43-44-45-46-47-49-51-53-55-57-59-61-63-65-67-69-71-73-75-77-79-81-83-90(95)101-88(87-100-92(91(96)97)98-85-84-93(3,4)5)86-99-89(94)82-80-78-76-74-72-70-68-66-64-62-60-58-56-54-52-50-48-41-39-37-35-33-31-29-27-25-23-21-19-17-15-13-11-9-7-2/h18-21,24-27,88,92H,6-17,22-23,28-87H2,1-5H3/b20-18-,21-19-,26-24-,27-25-. The fourth-order valence-electron chi connectivity index (χ4n) is 13.7. The van der Waals surface area contributed by atoms with E-state index in [4.69, 9.17) is 18.9 Å². The van der Waals surface area contributed by atoms with Crippen molar-refractivity contribution in [2.24, 2.45) is 0 Å². The van der Waals surface area contributed by atoms with Gasteiger partial charge in [-0.3, -0.25) is 9.59 Å². The molecule has 0 heterocycles. The van der Waals surface area contributed by atoms with Crippen LogP contribution in [0.5, 0.6) is 0 Å². The molecule has 0 saturated heterocycles. The van der Waals surface area contributed by atoms with Gasteiger partial charge in [-0.05, 0) is 77.0 Å². The van der Waals surface area contributed by atoms with Gasteiger partial charge in [0.2, 0.25) is 0 Å². The van der Waals surface area contributed by atoms with Gasteiger partial charge < -0.3 is 33.3 Å². The highest BCUT2D eigenvalue weighted by molar-refractivity contribution is 5.70. The molecular weight excluding hydrogens is 1250 g/mol. The first kappa shape index (κ1) is 98.2. The predicted octanol–water partition coefficient (Wildman–Crippen LogP) is 27.8. The van der Waals surface area contributed by atoms with Crippen molar-refractivity contribution >= 4 is 17.9 Å². The smallest absolute Gasteiger partial charge is 0.306 e. The van der Waals surface area contributed by atoms with Gasteiger partial charge in [0.05, 0.1) is 40.3 Å². The summed E-state index contributed by atoms with van der Waals surface area (Å²) in [6.07, 6.45) is 107. The number of rotatable bonds is 85. The largest absolute Gasteiger partial charge is 0.545 e. The number of carbonyl (C=O) groups excluding carboxylic acids is 3. The van der Waals surface area contributed by atoms with E-state index >= 15 is 0 Å². The van der Waals surface area contributed by atoms with Gasteiger partial charge in [0.25, 0.3) is 0 Å². The molecule has 0 aromatic carbocycles. The topological polar surface area (TPSA) is 111 Å². The Kier molecular flexibility index (Phi) is 80.6. The average molecular weight is 1420 g/mol. The number of nitrogens with zero attached hydrogens (tertiary/aromatic N) is 1. The molecule has 0 fully saturated rings. The van der Waals surface area contributed by atoms with Crippen LogP contribution in [0.15, 0.2) is 48.6 Å². The molecule has 9 nitrogen and oxygen atoms in total. The zero-order valence-electron chi connectivity index (χ0n) is 68.3. The molecule has 0 aromatic heterocycles. The molecule has 9 heteroatoms. The van der Waals surface area contributed by atoms with E-state index in [1.165, 1.54) is 385 Å². The zero-order valence-corrected chi connectivity index (χ0v) is 68.3. The van der Waals surface area contributed by atoms with Crippen LogP contribution in [-0.4, -0.2) is 82.3 Å². The molecule has 0 spiro atoms. The summed E-state index contributed by atoms with van der Waals surface area (Å²) < 4.78 is 22.9. The summed E-state index contributed by atoms with van der Waals surface area (Å²) in [4.78, 5) is 37.7. The van der Waals surface area contributed by atoms with Gasteiger partial charge in [-0.2, -0.15) is 0 Å². The van der Waals surface area contributed by atoms with E-state index in [0.717, 1.165) is 51.4 Å². The Hall–Kier alpha value is -2.75. The number of carboxylic acid groups (broad SMARTS) is 1. The molecule has 0 rings (SSSR count). The number of carbonyl (C=O) groups is 3. The summed E-state index contributed by atoms with van der Waals surface area (Å²) in [5, 5.41) is 11.9. The van der Waals surface area contributed by atoms with Crippen LogP contribution < -0.4 is 5.11 Å². The van der Waals surface area contributed by atoms with E-state index in [9.17, 15) is 19.5 Å². The highest BCUT2D eigenvalue weighted by Crippen LogP contribution is 2.21. The van der Waals surface area contributed by atoms with E-state index in [1.807, 2.05) is 21.1 Å². The zero-order chi connectivity index (χ0) is 73.2. The first-order valence-corrected chi connectivity index (χ1v) is 44.8. The number of esters is 2. The maximum absolute atomic E-state index is 13.0. The maximum atomic E-state index is 13.0. The summed E-state index contributed by atoms with van der Waals surface area (Å²) in [5.74, 6) is -2.24. The highest BCUT2D eigenvalue weighted by atomic mass is 16.7. The molecule has 0 aromatic rings. The number of likely N-dealkylation sites (N-methyl/N-ethyl adjacent to an activating group) is 1. The predicted molar refractivity (Wildman–Crippen MR) is 436 cm³/mol. The van der Waals surface area contributed by atoms with Crippen molar-refractivity contribution in [2.75, 3.05) is 47.5 Å². The number of ether oxygens (including phenoxy) is 4. The first-order chi connectivity index (χ1) is 49.6. The van der Waals surface area contributed by atoms with E-state index in [2.05, 4.69) is 62.5 Å². The third kappa shape index (κ3) is 84.4. The molecule has 0 amide bonds. The van der Waals surface area contributed by atoms with Gasteiger partial charge in [-0.15, -0.1) is 0 Å². The van der Waals surface area contributed by atoms with Crippen molar-refractivity contribution in [1.82, 2.24) is 0 Å². The molecule has 0 aliphatic carbocycles. The summed E-state index contributed by atoms with van der Waals surface area (Å²) in [6, 6.07) is 0. The summed E-state index contributed by atoms with van der Waals surface area (Å²) in [5.41, 5.74) is 0. The molecule has 0 saturated carbocycles. The van der Waals surface area contributed by atoms with Gasteiger partial charge in [-0.1, -0.05) is 422 Å². The number of allylic oxidation sites excluding steroid dienone is 8. The number of hydrogen-bond acceptors (Lipinski definition) is 8. The lowest BCUT2D eigenvalue weighted by atomic mass is 10.0. The molecule has 594 valence electrons.